The summed E-state index contributed by atoms with van der Waals surface area (Å²) >= 11 is 0. The topological polar surface area (TPSA) is 112 Å². The van der Waals surface area contributed by atoms with Gasteiger partial charge >= 0.3 is 0 Å². The Morgan fingerprint density at radius 3 is 2.57 bits per heavy atom. The SMILES string of the molecule is CN=C(NCCNc1ccccc1[N+](=O)[O-])NCc1ccc(N2CCCC2=O)cc1. The highest BCUT2D eigenvalue weighted by molar-refractivity contribution is 5.95. The average molecular weight is 410 g/mol. The zero-order valence-corrected chi connectivity index (χ0v) is 16.9. The van der Waals surface area contributed by atoms with Crippen LogP contribution >= 0.6 is 0 Å². The summed E-state index contributed by atoms with van der Waals surface area (Å²) in [4.78, 5) is 28.5. The third kappa shape index (κ3) is 5.47. The van der Waals surface area contributed by atoms with E-state index in [1.165, 1.54) is 6.07 Å². The van der Waals surface area contributed by atoms with Crippen molar-refractivity contribution in [2.75, 3.05) is 36.9 Å². The minimum atomic E-state index is -0.402. The maximum atomic E-state index is 11.8. The Kier molecular flexibility index (Phi) is 7.20. The number of nitro benzene ring substituents is 1. The number of para-hydroxylation sites is 2. The molecule has 3 N–H and O–H groups in total. The molecule has 0 atom stereocenters. The van der Waals surface area contributed by atoms with E-state index in [0.717, 1.165) is 24.2 Å². The smallest absolute Gasteiger partial charge is 0.292 e. The van der Waals surface area contributed by atoms with Crippen molar-refractivity contribution in [1.82, 2.24) is 10.6 Å². The largest absolute Gasteiger partial charge is 0.378 e. The van der Waals surface area contributed by atoms with E-state index in [1.54, 1.807) is 25.2 Å². The molecule has 3 rings (SSSR count). The first kappa shape index (κ1) is 21.1. The summed E-state index contributed by atoms with van der Waals surface area (Å²) in [5.74, 6) is 0.818. The summed E-state index contributed by atoms with van der Waals surface area (Å²) in [5, 5.41) is 20.5. The molecule has 0 bridgehead atoms. The van der Waals surface area contributed by atoms with Crippen molar-refractivity contribution in [1.29, 1.82) is 0 Å². The van der Waals surface area contributed by atoms with Gasteiger partial charge in [-0.25, -0.2) is 0 Å². The fourth-order valence-corrected chi connectivity index (χ4v) is 3.28. The fraction of sp³-hybridized carbons (Fsp3) is 0.333. The number of aliphatic imine (C=N–C) groups is 1. The lowest BCUT2D eigenvalue weighted by molar-refractivity contribution is -0.384. The summed E-state index contributed by atoms with van der Waals surface area (Å²) in [5.41, 5.74) is 2.55. The van der Waals surface area contributed by atoms with Crippen molar-refractivity contribution in [2.24, 2.45) is 4.99 Å². The maximum Gasteiger partial charge on any atom is 0.292 e. The van der Waals surface area contributed by atoms with Gasteiger partial charge in [-0.05, 0) is 30.2 Å². The molecule has 0 spiro atoms. The first-order chi connectivity index (χ1) is 14.6. The van der Waals surface area contributed by atoms with Gasteiger partial charge in [-0.15, -0.1) is 0 Å². The summed E-state index contributed by atoms with van der Waals surface area (Å²) in [7, 11) is 1.69. The van der Waals surface area contributed by atoms with Crippen LogP contribution in [-0.4, -0.2) is 43.5 Å². The second-order valence-electron chi connectivity index (χ2n) is 6.87. The Bertz CT molecular complexity index is 913. The molecule has 2 aromatic carbocycles. The number of benzene rings is 2. The molecule has 1 aliphatic heterocycles. The molecule has 0 saturated carbocycles. The number of nitrogens with zero attached hydrogens (tertiary/aromatic N) is 3. The third-order valence-electron chi connectivity index (χ3n) is 4.84. The van der Waals surface area contributed by atoms with Gasteiger partial charge in [0.25, 0.3) is 5.69 Å². The number of rotatable bonds is 8. The van der Waals surface area contributed by atoms with Crippen LogP contribution in [-0.2, 0) is 11.3 Å². The average Bonchev–Trinajstić information content (AvgIpc) is 3.19. The number of hydrogen-bond donors (Lipinski definition) is 3. The Balaban J connectivity index is 1.43. The normalized spacial score (nSPS) is 14.0. The van der Waals surface area contributed by atoms with Gasteiger partial charge < -0.3 is 20.9 Å². The van der Waals surface area contributed by atoms with Crippen LogP contribution in [0.5, 0.6) is 0 Å². The van der Waals surface area contributed by atoms with Crippen molar-refractivity contribution in [2.45, 2.75) is 19.4 Å². The van der Waals surface area contributed by atoms with Crippen LogP contribution in [0.15, 0.2) is 53.5 Å². The molecule has 1 amide bonds. The van der Waals surface area contributed by atoms with Gasteiger partial charge in [0.2, 0.25) is 5.91 Å². The number of amides is 1. The molecule has 9 nitrogen and oxygen atoms in total. The number of carbonyl (C=O) groups excluding carboxylic acids is 1. The van der Waals surface area contributed by atoms with Crippen LogP contribution in [0.3, 0.4) is 0 Å². The van der Waals surface area contributed by atoms with E-state index in [4.69, 9.17) is 0 Å². The van der Waals surface area contributed by atoms with E-state index in [-0.39, 0.29) is 11.6 Å². The lowest BCUT2D eigenvalue weighted by Crippen LogP contribution is -2.39. The molecule has 0 unspecified atom stereocenters. The molecule has 2 aromatic rings. The van der Waals surface area contributed by atoms with Crippen LogP contribution in [0.4, 0.5) is 17.1 Å². The highest BCUT2D eigenvalue weighted by Gasteiger charge is 2.21. The zero-order chi connectivity index (χ0) is 21.3. The fourth-order valence-electron chi connectivity index (χ4n) is 3.28. The first-order valence-electron chi connectivity index (χ1n) is 9.89. The van der Waals surface area contributed by atoms with E-state index in [2.05, 4.69) is 20.9 Å². The minimum Gasteiger partial charge on any atom is -0.378 e. The van der Waals surface area contributed by atoms with E-state index in [9.17, 15) is 14.9 Å². The van der Waals surface area contributed by atoms with Gasteiger partial charge in [0.05, 0.1) is 4.92 Å². The highest BCUT2D eigenvalue weighted by atomic mass is 16.6. The summed E-state index contributed by atoms with van der Waals surface area (Å²) in [6, 6.07) is 14.5. The second kappa shape index (κ2) is 10.2. The van der Waals surface area contributed by atoms with Gasteiger partial charge in [-0.2, -0.15) is 0 Å². The predicted octanol–water partition coefficient (Wildman–Crippen LogP) is 2.50. The molecule has 1 heterocycles. The third-order valence-corrected chi connectivity index (χ3v) is 4.84. The van der Waals surface area contributed by atoms with Crippen molar-refractivity contribution in [3.8, 4) is 0 Å². The Morgan fingerprint density at radius 1 is 1.13 bits per heavy atom. The number of nitrogens with one attached hydrogen (secondary N) is 3. The minimum absolute atomic E-state index is 0.0547. The van der Waals surface area contributed by atoms with E-state index in [0.29, 0.717) is 37.7 Å². The Morgan fingerprint density at radius 2 is 1.90 bits per heavy atom. The van der Waals surface area contributed by atoms with Gasteiger partial charge in [0, 0.05) is 51.4 Å². The molecule has 9 heteroatoms. The van der Waals surface area contributed by atoms with Crippen LogP contribution in [0.25, 0.3) is 0 Å². The molecule has 30 heavy (non-hydrogen) atoms. The lowest BCUT2D eigenvalue weighted by atomic mass is 10.2. The molecule has 158 valence electrons. The molecule has 0 radical (unpaired) electrons. The van der Waals surface area contributed by atoms with Crippen LogP contribution in [0.2, 0.25) is 0 Å². The molecule has 1 aliphatic rings. The molecular weight excluding hydrogens is 384 g/mol. The number of anilines is 2. The Labute approximate surface area is 175 Å². The molecule has 0 aliphatic carbocycles. The number of guanidine groups is 1. The molecule has 0 aromatic heterocycles. The quantitative estimate of drug-likeness (QED) is 0.203. The van der Waals surface area contributed by atoms with Crippen molar-refractivity contribution >= 4 is 28.9 Å². The van der Waals surface area contributed by atoms with Crippen molar-refractivity contribution < 1.29 is 9.72 Å². The lowest BCUT2D eigenvalue weighted by Gasteiger charge is -2.16. The molecular formula is C21H26N6O3. The van der Waals surface area contributed by atoms with Crippen molar-refractivity contribution in [3.05, 3.63) is 64.2 Å². The number of nitro groups is 1. The Hall–Kier alpha value is -3.62. The maximum absolute atomic E-state index is 11.8. The van der Waals surface area contributed by atoms with Crippen LogP contribution < -0.4 is 20.9 Å². The van der Waals surface area contributed by atoms with Gasteiger partial charge in [-0.3, -0.25) is 19.9 Å². The first-order valence-corrected chi connectivity index (χ1v) is 9.89. The second-order valence-corrected chi connectivity index (χ2v) is 6.87. The van der Waals surface area contributed by atoms with E-state index in [1.807, 2.05) is 29.2 Å². The van der Waals surface area contributed by atoms with Crippen LogP contribution in [0.1, 0.15) is 18.4 Å². The highest BCUT2D eigenvalue weighted by Crippen LogP contribution is 2.23. The zero-order valence-electron chi connectivity index (χ0n) is 16.9. The molecule has 1 saturated heterocycles. The standard InChI is InChI=1S/C21H26N6O3/c1-22-21(24-13-12-23-18-5-2-3-6-19(18)27(29)30)25-15-16-8-10-17(11-9-16)26-14-4-7-20(26)28/h2-3,5-6,8-11,23H,4,7,12-15H2,1H3,(H2,22,24,25). The summed E-state index contributed by atoms with van der Waals surface area (Å²) in [6.07, 6.45) is 1.54. The van der Waals surface area contributed by atoms with Gasteiger partial charge in [0.15, 0.2) is 5.96 Å². The summed E-state index contributed by atoms with van der Waals surface area (Å²) in [6.45, 7) is 2.42. The summed E-state index contributed by atoms with van der Waals surface area (Å²) < 4.78 is 0. The van der Waals surface area contributed by atoms with Gasteiger partial charge in [-0.1, -0.05) is 24.3 Å². The van der Waals surface area contributed by atoms with Gasteiger partial charge in [0.1, 0.15) is 5.69 Å². The number of hydrogen-bond acceptors (Lipinski definition) is 5. The predicted molar refractivity (Wildman–Crippen MR) is 118 cm³/mol. The molecule has 1 fully saturated rings. The van der Waals surface area contributed by atoms with Crippen molar-refractivity contribution in [3.63, 3.8) is 0 Å². The van der Waals surface area contributed by atoms with E-state index >= 15 is 0 Å². The van der Waals surface area contributed by atoms with E-state index < -0.39 is 4.92 Å². The van der Waals surface area contributed by atoms with Crippen LogP contribution in [0, 0.1) is 10.1 Å². The number of carbonyl (C=O) groups is 1. The monoisotopic (exact) mass is 410 g/mol.